The van der Waals surface area contributed by atoms with E-state index in [1.807, 2.05) is 13.8 Å². The van der Waals surface area contributed by atoms with Crippen LogP contribution in [-0.4, -0.2) is 27.6 Å². The van der Waals surface area contributed by atoms with Gasteiger partial charge in [0.05, 0.1) is 24.6 Å². The summed E-state index contributed by atoms with van der Waals surface area (Å²) in [7, 11) is 0. The molecular weight excluding hydrogens is 246 g/mol. The number of hydrogen-bond acceptors (Lipinski definition) is 6. The van der Waals surface area contributed by atoms with Crippen molar-refractivity contribution in [3.8, 4) is 0 Å². The third kappa shape index (κ3) is 3.51. The number of carbonyl (C=O) groups is 1. The van der Waals surface area contributed by atoms with Crippen molar-refractivity contribution >= 4 is 11.7 Å². The van der Waals surface area contributed by atoms with E-state index >= 15 is 0 Å². The number of rotatable bonds is 5. The molecule has 0 aliphatic carbocycles. The molecule has 7 heteroatoms. The Kier molecular flexibility index (Phi) is 4.07. The van der Waals surface area contributed by atoms with Crippen LogP contribution in [0.3, 0.4) is 0 Å². The maximum Gasteiger partial charge on any atom is 0.271 e. The molecule has 0 bridgehead atoms. The normalized spacial score (nSPS) is 10.2. The summed E-state index contributed by atoms with van der Waals surface area (Å²) in [4.78, 5) is 20.0. The topological polar surface area (TPSA) is 92.9 Å². The second-order valence-corrected chi connectivity index (χ2v) is 3.94. The molecule has 0 saturated heterocycles. The smallest absolute Gasteiger partial charge is 0.271 e. The van der Waals surface area contributed by atoms with Crippen LogP contribution in [0.4, 0.5) is 5.82 Å². The highest BCUT2D eigenvalue weighted by Gasteiger charge is 2.09. The summed E-state index contributed by atoms with van der Waals surface area (Å²) in [6.07, 6.45) is 2.99. The quantitative estimate of drug-likeness (QED) is 0.838. The summed E-state index contributed by atoms with van der Waals surface area (Å²) >= 11 is 0. The van der Waals surface area contributed by atoms with E-state index in [0.717, 1.165) is 12.2 Å². The van der Waals surface area contributed by atoms with Crippen LogP contribution in [0.2, 0.25) is 0 Å². The fraction of sp³-hybridized carbons (Fsp3) is 0.333. The minimum Gasteiger partial charge on any atom is -0.369 e. The van der Waals surface area contributed by atoms with Gasteiger partial charge in [-0.3, -0.25) is 9.78 Å². The molecular formula is C12H15N5O2. The third-order valence-corrected chi connectivity index (χ3v) is 2.33. The number of aromatic nitrogens is 3. The zero-order valence-electron chi connectivity index (χ0n) is 10.8. The van der Waals surface area contributed by atoms with E-state index in [1.165, 1.54) is 6.20 Å². The Bertz CT molecular complexity index is 567. The molecule has 0 saturated carbocycles. The van der Waals surface area contributed by atoms with E-state index in [9.17, 15) is 4.79 Å². The highest BCUT2D eigenvalue weighted by Crippen LogP contribution is 2.04. The molecule has 2 rings (SSSR count). The summed E-state index contributed by atoms with van der Waals surface area (Å²) < 4.78 is 5.00. The molecule has 0 aliphatic heterocycles. The SMILES string of the molecule is CCNc1cncc(C(=O)NCc2cc(C)no2)n1. The monoisotopic (exact) mass is 261 g/mol. The minimum absolute atomic E-state index is 0.259. The zero-order valence-corrected chi connectivity index (χ0v) is 10.8. The van der Waals surface area contributed by atoms with Gasteiger partial charge in [-0.1, -0.05) is 5.16 Å². The Morgan fingerprint density at radius 1 is 1.42 bits per heavy atom. The maximum atomic E-state index is 11.9. The van der Waals surface area contributed by atoms with Gasteiger partial charge in [0.15, 0.2) is 5.76 Å². The summed E-state index contributed by atoms with van der Waals surface area (Å²) in [6, 6.07) is 1.76. The molecule has 1 amide bonds. The lowest BCUT2D eigenvalue weighted by Gasteiger charge is -2.04. The molecule has 0 spiro atoms. The van der Waals surface area contributed by atoms with Crippen molar-refractivity contribution in [2.24, 2.45) is 0 Å². The molecule has 2 N–H and O–H groups in total. The van der Waals surface area contributed by atoms with Crippen molar-refractivity contribution in [2.75, 3.05) is 11.9 Å². The van der Waals surface area contributed by atoms with Crippen molar-refractivity contribution in [1.29, 1.82) is 0 Å². The molecule has 19 heavy (non-hydrogen) atoms. The molecule has 100 valence electrons. The number of anilines is 1. The van der Waals surface area contributed by atoms with Crippen LogP contribution in [0.1, 0.15) is 28.9 Å². The molecule has 7 nitrogen and oxygen atoms in total. The largest absolute Gasteiger partial charge is 0.369 e. The Hall–Kier alpha value is -2.44. The fourth-order valence-electron chi connectivity index (χ4n) is 1.50. The number of carbonyl (C=O) groups excluding carboxylic acids is 1. The number of aryl methyl sites for hydroxylation is 1. The van der Waals surface area contributed by atoms with Gasteiger partial charge in [-0.2, -0.15) is 0 Å². The average Bonchev–Trinajstić information content (AvgIpc) is 2.82. The third-order valence-electron chi connectivity index (χ3n) is 2.33. The molecule has 0 aromatic carbocycles. The zero-order chi connectivity index (χ0) is 13.7. The standard InChI is InChI=1S/C12H15N5O2/c1-3-14-11-7-13-6-10(16-11)12(18)15-5-9-4-8(2)17-19-9/h4,6-7H,3,5H2,1-2H3,(H,14,16)(H,15,18). The average molecular weight is 261 g/mol. The maximum absolute atomic E-state index is 11.9. The van der Waals surface area contributed by atoms with Crippen molar-refractivity contribution in [1.82, 2.24) is 20.4 Å². The van der Waals surface area contributed by atoms with Gasteiger partial charge < -0.3 is 15.2 Å². The van der Waals surface area contributed by atoms with Crippen LogP contribution in [0, 0.1) is 6.92 Å². The second kappa shape index (κ2) is 5.94. The molecule has 2 aromatic rings. The van der Waals surface area contributed by atoms with Gasteiger partial charge in [-0.15, -0.1) is 0 Å². The molecule has 0 radical (unpaired) electrons. The van der Waals surface area contributed by atoms with E-state index in [1.54, 1.807) is 12.3 Å². The first-order valence-electron chi connectivity index (χ1n) is 5.95. The molecule has 0 fully saturated rings. The van der Waals surface area contributed by atoms with Crippen LogP contribution >= 0.6 is 0 Å². The Morgan fingerprint density at radius 2 is 2.26 bits per heavy atom. The Morgan fingerprint density at radius 3 is 2.95 bits per heavy atom. The summed E-state index contributed by atoms with van der Waals surface area (Å²) in [5.74, 6) is 0.869. The number of hydrogen-bond donors (Lipinski definition) is 2. The lowest BCUT2D eigenvalue weighted by Crippen LogP contribution is -2.24. The second-order valence-electron chi connectivity index (χ2n) is 3.94. The van der Waals surface area contributed by atoms with Crippen molar-refractivity contribution in [3.05, 3.63) is 35.6 Å². The van der Waals surface area contributed by atoms with Crippen LogP contribution in [-0.2, 0) is 6.54 Å². The van der Waals surface area contributed by atoms with Gasteiger partial charge in [-0.25, -0.2) is 4.98 Å². The molecule has 2 heterocycles. The van der Waals surface area contributed by atoms with Gasteiger partial charge >= 0.3 is 0 Å². The number of amides is 1. The van der Waals surface area contributed by atoms with E-state index in [4.69, 9.17) is 4.52 Å². The van der Waals surface area contributed by atoms with E-state index in [-0.39, 0.29) is 18.1 Å². The number of nitrogens with one attached hydrogen (secondary N) is 2. The van der Waals surface area contributed by atoms with E-state index < -0.39 is 0 Å². The Labute approximate surface area is 110 Å². The predicted octanol–water partition coefficient (Wildman–Crippen LogP) is 1.13. The first-order valence-corrected chi connectivity index (χ1v) is 5.95. The summed E-state index contributed by atoms with van der Waals surface area (Å²) in [6.45, 7) is 4.75. The van der Waals surface area contributed by atoms with Crippen LogP contribution in [0.15, 0.2) is 23.0 Å². The first kappa shape index (κ1) is 13.0. The van der Waals surface area contributed by atoms with Gasteiger partial charge in [-0.05, 0) is 13.8 Å². The molecule has 0 unspecified atom stereocenters. The first-order chi connectivity index (χ1) is 9.19. The lowest BCUT2D eigenvalue weighted by atomic mass is 10.3. The highest BCUT2D eigenvalue weighted by molar-refractivity contribution is 5.92. The van der Waals surface area contributed by atoms with Crippen molar-refractivity contribution in [2.45, 2.75) is 20.4 Å². The van der Waals surface area contributed by atoms with E-state index in [0.29, 0.717) is 11.6 Å². The molecule has 0 aliphatic rings. The van der Waals surface area contributed by atoms with E-state index in [2.05, 4.69) is 25.8 Å². The minimum atomic E-state index is -0.304. The highest BCUT2D eigenvalue weighted by atomic mass is 16.5. The van der Waals surface area contributed by atoms with Gasteiger partial charge in [0, 0.05) is 12.6 Å². The fourth-order valence-corrected chi connectivity index (χ4v) is 1.50. The Balaban J connectivity index is 1.97. The summed E-state index contributed by atoms with van der Waals surface area (Å²) in [5.41, 5.74) is 1.04. The van der Waals surface area contributed by atoms with Gasteiger partial charge in [0.2, 0.25) is 0 Å². The summed E-state index contributed by atoms with van der Waals surface area (Å²) in [5, 5.41) is 9.43. The lowest BCUT2D eigenvalue weighted by molar-refractivity contribution is 0.0942. The van der Waals surface area contributed by atoms with Gasteiger partial charge in [0.25, 0.3) is 5.91 Å². The van der Waals surface area contributed by atoms with Crippen LogP contribution < -0.4 is 10.6 Å². The predicted molar refractivity (Wildman–Crippen MR) is 68.6 cm³/mol. The molecule has 2 aromatic heterocycles. The van der Waals surface area contributed by atoms with Crippen LogP contribution in [0.25, 0.3) is 0 Å². The molecule has 0 atom stereocenters. The van der Waals surface area contributed by atoms with Gasteiger partial charge in [0.1, 0.15) is 11.5 Å². The van der Waals surface area contributed by atoms with Crippen molar-refractivity contribution < 1.29 is 9.32 Å². The number of nitrogens with zero attached hydrogens (tertiary/aromatic N) is 3. The van der Waals surface area contributed by atoms with Crippen LogP contribution in [0.5, 0.6) is 0 Å². The van der Waals surface area contributed by atoms with Crippen molar-refractivity contribution in [3.63, 3.8) is 0 Å².